The quantitative estimate of drug-likeness (QED) is 0.533. The normalized spacial score (nSPS) is 11.6. The molecule has 158 valence electrons. The zero-order chi connectivity index (χ0) is 21.6. The highest BCUT2D eigenvalue weighted by Crippen LogP contribution is 2.20. The molecule has 0 aliphatic rings. The van der Waals surface area contributed by atoms with Gasteiger partial charge >= 0.3 is 0 Å². The van der Waals surface area contributed by atoms with Gasteiger partial charge in [0, 0.05) is 13.6 Å². The summed E-state index contributed by atoms with van der Waals surface area (Å²) >= 11 is 0. The molecule has 0 aromatic heterocycles. The number of methoxy groups -OCH3 is 1. The molecule has 0 unspecified atom stereocenters. The molecule has 0 atom stereocenters. The summed E-state index contributed by atoms with van der Waals surface area (Å²) in [5.74, 6) is 0.244. The minimum Gasteiger partial charge on any atom is -0.497 e. The van der Waals surface area contributed by atoms with Crippen LogP contribution in [-0.4, -0.2) is 45.9 Å². The van der Waals surface area contributed by atoms with Gasteiger partial charge < -0.3 is 10.1 Å². The largest absolute Gasteiger partial charge is 0.497 e. The van der Waals surface area contributed by atoms with E-state index >= 15 is 0 Å². The molecule has 0 aliphatic carbocycles. The second kappa shape index (κ2) is 9.73. The van der Waals surface area contributed by atoms with Crippen LogP contribution in [0.1, 0.15) is 12.0 Å². The van der Waals surface area contributed by atoms with Crippen LogP contribution >= 0.6 is 0 Å². The maximum absolute atomic E-state index is 12.6. The van der Waals surface area contributed by atoms with Crippen molar-refractivity contribution in [2.75, 3.05) is 27.2 Å². The summed E-state index contributed by atoms with van der Waals surface area (Å²) in [6.45, 7) is 0.251. The van der Waals surface area contributed by atoms with E-state index in [4.69, 9.17) is 4.74 Å². The van der Waals surface area contributed by atoms with E-state index in [0.717, 1.165) is 17.1 Å². The predicted octanol–water partition coefficient (Wildman–Crippen LogP) is 3.22. The Morgan fingerprint density at radius 3 is 2.43 bits per heavy atom. The third-order valence-electron chi connectivity index (χ3n) is 4.96. The predicted molar refractivity (Wildman–Crippen MR) is 118 cm³/mol. The molecule has 0 radical (unpaired) electrons. The molecular weight excluding hydrogens is 400 g/mol. The van der Waals surface area contributed by atoms with Gasteiger partial charge in [-0.2, -0.15) is 4.31 Å². The summed E-state index contributed by atoms with van der Waals surface area (Å²) in [5, 5.41) is 5.23. The molecule has 0 saturated heterocycles. The van der Waals surface area contributed by atoms with Gasteiger partial charge in [-0.3, -0.25) is 4.79 Å². The molecule has 7 heteroatoms. The second-order valence-corrected chi connectivity index (χ2v) is 9.07. The molecule has 3 rings (SSSR count). The van der Waals surface area contributed by atoms with E-state index in [0.29, 0.717) is 12.3 Å². The van der Waals surface area contributed by atoms with Gasteiger partial charge in [-0.05, 0) is 53.4 Å². The molecule has 0 aliphatic heterocycles. The number of ether oxygens (including phenoxy) is 1. The van der Waals surface area contributed by atoms with Crippen molar-refractivity contribution < 1.29 is 17.9 Å². The molecule has 30 heavy (non-hydrogen) atoms. The van der Waals surface area contributed by atoms with Crippen LogP contribution in [0.15, 0.2) is 71.6 Å². The minimum absolute atomic E-state index is 0.120. The number of aryl methyl sites for hydroxylation is 1. The maximum Gasteiger partial charge on any atom is 0.243 e. The van der Waals surface area contributed by atoms with Crippen LogP contribution in [0.5, 0.6) is 5.75 Å². The average Bonchev–Trinajstić information content (AvgIpc) is 2.76. The van der Waals surface area contributed by atoms with Crippen LogP contribution in [0.2, 0.25) is 0 Å². The zero-order valence-corrected chi connectivity index (χ0v) is 18.0. The molecule has 0 bridgehead atoms. The van der Waals surface area contributed by atoms with E-state index < -0.39 is 10.0 Å². The maximum atomic E-state index is 12.6. The van der Waals surface area contributed by atoms with Gasteiger partial charge in [0.05, 0.1) is 18.6 Å². The van der Waals surface area contributed by atoms with Crippen molar-refractivity contribution in [3.63, 3.8) is 0 Å². The summed E-state index contributed by atoms with van der Waals surface area (Å²) in [4.78, 5) is 12.3. The van der Waals surface area contributed by atoms with Gasteiger partial charge in [0.25, 0.3) is 0 Å². The number of carbonyl (C=O) groups is 1. The van der Waals surface area contributed by atoms with Crippen molar-refractivity contribution in [3.8, 4) is 5.75 Å². The number of hydrogen-bond donors (Lipinski definition) is 1. The molecule has 0 spiro atoms. The standard InChI is InChI=1S/C23H26N2O4S/c1-25(30(27,28)21-14-12-20(29-2)13-15-21)17-23(26)24-16-6-10-19-9-5-8-18-7-3-4-11-22(18)19/h3-5,7-9,11-15H,6,10,16-17H2,1-2H3,(H,24,26). The van der Waals surface area contributed by atoms with Crippen LogP contribution in [0.25, 0.3) is 10.8 Å². The molecule has 3 aromatic carbocycles. The second-order valence-electron chi connectivity index (χ2n) is 7.03. The third kappa shape index (κ3) is 5.17. The number of hydrogen-bond acceptors (Lipinski definition) is 4. The highest BCUT2D eigenvalue weighted by molar-refractivity contribution is 7.89. The molecule has 1 N–H and O–H groups in total. The van der Waals surface area contributed by atoms with Crippen LogP contribution in [0.3, 0.4) is 0 Å². The summed E-state index contributed by atoms with van der Waals surface area (Å²) in [6.07, 6.45) is 1.61. The Labute approximate surface area is 177 Å². The molecule has 6 nitrogen and oxygen atoms in total. The van der Waals surface area contributed by atoms with E-state index in [9.17, 15) is 13.2 Å². The fourth-order valence-electron chi connectivity index (χ4n) is 3.29. The van der Waals surface area contributed by atoms with Gasteiger partial charge in [0.15, 0.2) is 0 Å². The van der Waals surface area contributed by atoms with Crippen molar-refractivity contribution >= 4 is 26.7 Å². The SMILES string of the molecule is COc1ccc(S(=O)(=O)N(C)CC(=O)NCCCc2cccc3ccccc23)cc1. The van der Waals surface area contributed by atoms with Gasteiger partial charge in [0.2, 0.25) is 15.9 Å². The minimum atomic E-state index is -3.74. The Morgan fingerprint density at radius 1 is 1.00 bits per heavy atom. The first-order chi connectivity index (χ1) is 14.4. The van der Waals surface area contributed by atoms with Crippen molar-refractivity contribution in [2.45, 2.75) is 17.7 Å². The number of likely N-dealkylation sites (N-methyl/N-ethyl adjacent to an activating group) is 1. The van der Waals surface area contributed by atoms with E-state index in [2.05, 4.69) is 29.6 Å². The zero-order valence-electron chi connectivity index (χ0n) is 17.2. The van der Waals surface area contributed by atoms with Crippen molar-refractivity contribution in [3.05, 3.63) is 72.3 Å². The highest BCUT2D eigenvalue weighted by atomic mass is 32.2. The Morgan fingerprint density at radius 2 is 1.70 bits per heavy atom. The van der Waals surface area contributed by atoms with Crippen molar-refractivity contribution in [1.29, 1.82) is 0 Å². The molecule has 0 fully saturated rings. The van der Waals surface area contributed by atoms with E-state index in [1.54, 1.807) is 12.1 Å². The number of fused-ring (bicyclic) bond motifs is 1. The lowest BCUT2D eigenvalue weighted by Crippen LogP contribution is -2.38. The van der Waals surface area contributed by atoms with Crippen LogP contribution < -0.4 is 10.1 Å². The van der Waals surface area contributed by atoms with Gasteiger partial charge in [0.1, 0.15) is 5.75 Å². The fraction of sp³-hybridized carbons (Fsp3) is 0.261. The Balaban J connectivity index is 1.50. The van der Waals surface area contributed by atoms with Crippen LogP contribution in [-0.2, 0) is 21.2 Å². The highest BCUT2D eigenvalue weighted by Gasteiger charge is 2.22. The van der Waals surface area contributed by atoms with Crippen LogP contribution in [0.4, 0.5) is 0 Å². The first kappa shape index (κ1) is 21.8. The van der Waals surface area contributed by atoms with Gasteiger partial charge in [-0.1, -0.05) is 42.5 Å². The topological polar surface area (TPSA) is 75.7 Å². The number of nitrogens with zero attached hydrogens (tertiary/aromatic N) is 1. The first-order valence-corrected chi connectivity index (χ1v) is 11.2. The van der Waals surface area contributed by atoms with Crippen molar-refractivity contribution in [1.82, 2.24) is 9.62 Å². The summed E-state index contributed by atoms with van der Waals surface area (Å²) in [7, 11) is -0.828. The lowest BCUT2D eigenvalue weighted by Gasteiger charge is -2.17. The number of nitrogens with one attached hydrogen (secondary N) is 1. The third-order valence-corrected chi connectivity index (χ3v) is 6.78. The summed E-state index contributed by atoms with van der Waals surface area (Å²) in [5.41, 5.74) is 1.24. The summed E-state index contributed by atoms with van der Waals surface area (Å²) < 4.78 is 31.3. The number of benzene rings is 3. The summed E-state index contributed by atoms with van der Waals surface area (Å²) in [6, 6.07) is 20.5. The lowest BCUT2D eigenvalue weighted by atomic mass is 10.0. The van der Waals surface area contributed by atoms with E-state index in [1.807, 2.05) is 18.2 Å². The molecule has 0 saturated carbocycles. The lowest BCUT2D eigenvalue weighted by molar-refractivity contribution is -0.121. The number of carbonyl (C=O) groups excluding carboxylic acids is 1. The molecule has 1 amide bonds. The number of sulfonamides is 1. The van der Waals surface area contributed by atoms with E-state index in [1.165, 1.54) is 42.6 Å². The van der Waals surface area contributed by atoms with Crippen molar-refractivity contribution in [2.24, 2.45) is 0 Å². The Kier molecular flexibility index (Phi) is 7.07. The van der Waals surface area contributed by atoms with Crippen LogP contribution in [0, 0.1) is 0 Å². The molecule has 3 aromatic rings. The van der Waals surface area contributed by atoms with E-state index in [-0.39, 0.29) is 17.3 Å². The number of rotatable bonds is 9. The fourth-order valence-corrected chi connectivity index (χ4v) is 4.42. The van der Waals surface area contributed by atoms with Gasteiger partial charge in [-0.15, -0.1) is 0 Å². The molecule has 0 heterocycles. The average molecular weight is 427 g/mol. The Hall–Kier alpha value is -2.90. The smallest absolute Gasteiger partial charge is 0.243 e. The molecular formula is C23H26N2O4S. The Bertz CT molecular complexity index is 1110. The van der Waals surface area contributed by atoms with Gasteiger partial charge in [-0.25, -0.2) is 8.42 Å². The monoisotopic (exact) mass is 426 g/mol. The number of amides is 1. The first-order valence-electron chi connectivity index (χ1n) is 9.75.